The molecule has 1 aliphatic rings. The van der Waals surface area contributed by atoms with Gasteiger partial charge in [-0.2, -0.15) is 15.0 Å². The minimum absolute atomic E-state index is 0.0141. The fraction of sp³-hybridized carbons (Fsp3) is 0.714. The summed E-state index contributed by atoms with van der Waals surface area (Å²) in [7, 11) is 3.77. The number of nitrogens with one attached hydrogen (secondary N) is 1. The van der Waals surface area contributed by atoms with Gasteiger partial charge in [0.05, 0.1) is 19.8 Å². The molecule has 2 heterocycles. The van der Waals surface area contributed by atoms with E-state index in [1.165, 1.54) is 0 Å². The van der Waals surface area contributed by atoms with Crippen LogP contribution in [0.2, 0.25) is 0 Å². The molecule has 8 nitrogen and oxygen atoms in total. The quantitative estimate of drug-likeness (QED) is 0.822. The second-order valence-electron chi connectivity index (χ2n) is 5.72. The third-order valence-corrected chi connectivity index (χ3v) is 3.30. The lowest BCUT2D eigenvalue weighted by Gasteiger charge is -2.27. The first-order valence-electron chi connectivity index (χ1n) is 7.50. The highest BCUT2D eigenvalue weighted by Crippen LogP contribution is 2.14. The minimum Gasteiger partial charge on any atom is -0.378 e. The minimum atomic E-state index is -0.0612. The van der Waals surface area contributed by atoms with Crippen molar-refractivity contribution in [2.24, 2.45) is 5.92 Å². The number of morpholine rings is 1. The number of hydrogen-bond donors (Lipinski definition) is 1. The van der Waals surface area contributed by atoms with E-state index in [0.717, 1.165) is 13.1 Å². The maximum absolute atomic E-state index is 11.7. The number of carbonyl (C=O) groups excluding carboxylic acids is 1. The molecular weight excluding hydrogens is 284 g/mol. The molecule has 0 atom stereocenters. The summed E-state index contributed by atoms with van der Waals surface area (Å²) < 4.78 is 5.35. The van der Waals surface area contributed by atoms with Crippen LogP contribution in [0.3, 0.4) is 0 Å². The van der Waals surface area contributed by atoms with Crippen molar-refractivity contribution in [1.29, 1.82) is 0 Å². The summed E-state index contributed by atoms with van der Waals surface area (Å²) in [5, 5.41) is 2.84. The van der Waals surface area contributed by atoms with Crippen molar-refractivity contribution in [1.82, 2.24) is 20.3 Å². The lowest BCUT2D eigenvalue weighted by Crippen LogP contribution is -2.38. The van der Waals surface area contributed by atoms with E-state index in [1.807, 2.05) is 32.8 Å². The van der Waals surface area contributed by atoms with E-state index in [2.05, 4.69) is 25.2 Å². The first-order chi connectivity index (χ1) is 10.5. The van der Waals surface area contributed by atoms with Gasteiger partial charge in [0.1, 0.15) is 0 Å². The van der Waals surface area contributed by atoms with E-state index >= 15 is 0 Å². The molecule has 0 radical (unpaired) electrons. The van der Waals surface area contributed by atoms with E-state index in [9.17, 15) is 4.79 Å². The fourth-order valence-electron chi connectivity index (χ4n) is 1.95. The van der Waals surface area contributed by atoms with Gasteiger partial charge in [0, 0.05) is 33.1 Å². The SMILES string of the molecule is CC(C)C(=O)NCc1nc(N(C)C)nc(N2CCOCC2)n1. The second kappa shape index (κ2) is 7.35. The van der Waals surface area contributed by atoms with Crippen LogP contribution in [0.15, 0.2) is 0 Å². The Labute approximate surface area is 130 Å². The molecule has 0 saturated carbocycles. The number of anilines is 2. The summed E-state index contributed by atoms with van der Waals surface area (Å²) in [6.45, 7) is 6.87. The third-order valence-electron chi connectivity index (χ3n) is 3.30. The van der Waals surface area contributed by atoms with Gasteiger partial charge in [0.2, 0.25) is 17.8 Å². The maximum Gasteiger partial charge on any atom is 0.230 e. The Morgan fingerprint density at radius 1 is 1.27 bits per heavy atom. The van der Waals surface area contributed by atoms with Crippen molar-refractivity contribution in [3.05, 3.63) is 5.82 Å². The molecule has 1 aromatic heterocycles. The number of rotatable bonds is 5. The highest BCUT2D eigenvalue weighted by molar-refractivity contribution is 5.77. The average Bonchev–Trinajstić information content (AvgIpc) is 2.53. The van der Waals surface area contributed by atoms with Crippen molar-refractivity contribution in [3.63, 3.8) is 0 Å². The molecule has 0 bridgehead atoms. The molecule has 0 unspecified atom stereocenters. The molecule has 0 spiro atoms. The molecule has 2 rings (SSSR count). The molecule has 1 aliphatic heterocycles. The zero-order valence-corrected chi connectivity index (χ0v) is 13.7. The van der Waals surface area contributed by atoms with E-state index in [-0.39, 0.29) is 11.8 Å². The Morgan fingerprint density at radius 2 is 1.95 bits per heavy atom. The Bertz CT molecular complexity index is 514. The van der Waals surface area contributed by atoms with Crippen molar-refractivity contribution in [3.8, 4) is 0 Å². The largest absolute Gasteiger partial charge is 0.378 e. The Hall–Kier alpha value is -1.96. The van der Waals surface area contributed by atoms with Gasteiger partial charge in [-0.15, -0.1) is 0 Å². The van der Waals surface area contributed by atoms with Crippen molar-refractivity contribution in [2.75, 3.05) is 50.2 Å². The number of ether oxygens (including phenoxy) is 1. The van der Waals surface area contributed by atoms with E-state index in [4.69, 9.17) is 4.74 Å². The molecule has 0 aromatic carbocycles. The van der Waals surface area contributed by atoms with Gasteiger partial charge < -0.3 is 19.9 Å². The van der Waals surface area contributed by atoms with Crippen molar-refractivity contribution >= 4 is 17.8 Å². The number of carbonyl (C=O) groups is 1. The number of hydrogen-bond acceptors (Lipinski definition) is 7. The predicted octanol–water partition coefficient (Wildman–Crippen LogP) is 0.0464. The van der Waals surface area contributed by atoms with E-state index in [1.54, 1.807) is 0 Å². The number of amides is 1. The summed E-state index contributed by atoms with van der Waals surface area (Å²) in [6.07, 6.45) is 0. The van der Waals surface area contributed by atoms with Gasteiger partial charge in [-0.1, -0.05) is 13.8 Å². The Kier molecular flexibility index (Phi) is 5.48. The second-order valence-corrected chi connectivity index (χ2v) is 5.72. The summed E-state index contributed by atoms with van der Waals surface area (Å²) in [6, 6.07) is 0. The lowest BCUT2D eigenvalue weighted by atomic mass is 10.2. The highest BCUT2D eigenvalue weighted by Gasteiger charge is 2.17. The maximum atomic E-state index is 11.7. The molecule has 22 heavy (non-hydrogen) atoms. The van der Waals surface area contributed by atoms with Gasteiger partial charge >= 0.3 is 0 Å². The van der Waals surface area contributed by atoms with Gasteiger partial charge in [-0.3, -0.25) is 4.79 Å². The van der Waals surface area contributed by atoms with Crippen LogP contribution in [-0.2, 0) is 16.1 Å². The van der Waals surface area contributed by atoms with Crippen molar-refractivity contribution in [2.45, 2.75) is 20.4 Å². The highest BCUT2D eigenvalue weighted by atomic mass is 16.5. The third kappa shape index (κ3) is 4.27. The monoisotopic (exact) mass is 308 g/mol. The lowest BCUT2D eigenvalue weighted by molar-refractivity contribution is -0.124. The van der Waals surface area contributed by atoms with Crippen molar-refractivity contribution < 1.29 is 9.53 Å². The normalized spacial score (nSPS) is 15.0. The Balaban J connectivity index is 2.17. The molecule has 0 aliphatic carbocycles. The first-order valence-corrected chi connectivity index (χ1v) is 7.50. The van der Waals surface area contributed by atoms with Crippen LogP contribution >= 0.6 is 0 Å². The number of aromatic nitrogens is 3. The zero-order valence-electron chi connectivity index (χ0n) is 13.7. The predicted molar refractivity (Wildman–Crippen MR) is 83.9 cm³/mol. The van der Waals surface area contributed by atoms with Gasteiger partial charge in [0.15, 0.2) is 5.82 Å². The van der Waals surface area contributed by atoms with Crippen LogP contribution < -0.4 is 15.1 Å². The topological polar surface area (TPSA) is 83.5 Å². The smallest absolute Gasteiger partial charge is 0.230 e. The van der Waals surface area contributed by atoms with Crippen LogP contribution in [0, 0.1) is 5.92 Å². The first kappa shape index (κ1) is 16.4. The summed E-state index contributed by atoms with van der Waals surface area (Å²) >= 11 is 0. The molecule has 1 aromatic rings. The van der Waals surface area contributed by atoms with Gasteiger partial charge in [-0.05, 0) is 0 Å². The standard InChI is InChI=1S/C14H24N6O2/c1-10(2)12(21)15-9-11-16-13(19(3)4)18-14(17-11)20-5-7-22-8-6-20/h10H,5-9H2,1-4H3,(H,15,21). The van der Waals surface area contributed by atoms with Gasteiger partial charge in [0.25, 0.3) is 0 Å². The molecular formula is C14H24N6O2. The van der Waals surface area contributed by atoms with Crippen LogP contribution in [0.25, 0.3) is 0 Å². The molecule has 1 N–H and O–H groups in total. The molecule has 1 saturated heterocycles. The van der Waals surface area contributed by atoms with Crippen LogP contribution in [0.1, 0.15) is 19.7 Å². The molecule has 1 amide bonds. The fourth-order valence-corrected chi connectivity index (χ4v) is 1.95. The summed E-state index contributed by atoms with van der Waals surface area (Å²) in [5.41, 5.74) is 0. The summed E-state index contributed by atoms with van der Waals surface area (Å²) in [4.78, 5) is 29.0. The van der Waals surface area contributed by atoms with Crippen LogP contribution in [0.4, 0.5) is 11.9 Å². The van der Waals surface area contributed by atoms with Crippen LogP contribution in [0.5, 0.6) is 0 Å². The number of nitrogens with zero attached hydrogens (tertiary/aromatic N) is 5. The molecule has 8 heteroatoms. The Morgan fingerprint density at radius 3 is 2.55 bits per heavy atom. The zero-order chi connectivity index (χ0) is 16.1. The molecule has 122 valence electrons. The summed E-state index contributed by atoms with van der Waals surface area (Å²) in [5.74, 6) is 1.71. The average molecular weight is 308 g/mol. The molecule has 1 fully saturated rings. The van der Waals surface area contributed by atoms with E-state index in [0.29, 0.717) is 37.5 Å². The van der Waals surface area contributed by atoms with E-state index < -0.39 is 0 Å². The van der Waals surface area contributed by atoms with Crippen LogP contribution in [-0.4, -0.2) is 61.3 Å². The van der Waals surface area contributed by atoms with Gasteiger partial charge in [-0.25, -0.2) is 0 Å².